The van der Waals surface area contributed by atoms with Crippen molar-refractivity contribution in [1.29, 1.82) is 0 Å². The summed E-state index contributed by atoms with van der Waals surface area (Å²) in [6, 6.07) is 20.9. The maximum Gasteiger partial charge on any atom is 0.266 e. The molecule has 0 N–H and O–H groups in total. The van der Waals surface area contributed by atoms with Gasteiger partial charge in [-0.05, 0) is 67.6 Å². The van der Waals surface area contributed by atoms with Gasteiger partial charge in [-0.3, -0.25) is 9.69 Å². The monoisotopic (exact) mass is 463 g/mol. The minimum Gasteiger partial charge on any atom is -0.489 e. The summed E-state index contributed by atoms with van der Waals surface area (Å²) >= 11 is 7.54. The molecule has 32 heavy (non-hydrogen) atoms. The van der Waals surface area contributed by atoms with Gasteiger partial charge in [0.15, 0.2) is 11.0 Å². The van der Waals surface area contributed by atoms with E-state index in [2.05, 4.69) is 9.98 Å². The van der Waals surface area contributed by atoms with Crippen molar-refractivity contribution in [2.45, 2.75) is 20.5 Å². The van der Waals surface area contributed by atoms with Crippen LogP contribution in [0.4, 0.5) is 5.82 Å². The lowest BCUT2D eigenvalue weighted by Crippen LogP contribution is -2.28. The number of aliphatic imine (C=N–C) groups is 1. The number of amidine groups is 1. The Morgan fingerprint density at radius 2 is 1.88 bits per heavy atom. The van der Waals surface area contributed by atoms with Crippen LogP contribution in [0.3, 0.4) is 0 Å². The van der Waals surface area contributed by atoms with Gasteiger partial charge in [0.05, 0.1) is 4.91 Å². The number of carbonyl (C=O) groups is 1. The Hall–Kier alpha value is -3.09. The Kier molecular flexibility index (Phi) is 6.93. The number of amides is 1. The zero-order valence-corrected chi connectivity index (χ0v) is 19.4. The molecule has 0 bridgehead atoms. The molecule has 7 heteroatoms. The van der Waals surface area contributed by atoms with E-state index in [4.69, 9.17) is 16.3 Å². The first kappa shape index (κ1) is 22.1. The molecule has 5 nitrogen and oxygen atoms in total. The quantitative estimate of drug-likeness (QED) is 0.405. The highest BCUT2D eigenvalue weighted by Crippen LogP contribution is 2.34. The van der Waals surface area contributed by atoms with Crippen LogP contribution < -0.4 is 4.74 Å². The topological polar surface area (TPSA) is 54.8 Å². The maximum absolute atomic E-state index is 12.9. The van der Waals surface area contributed by atoms with Crippen LogP contribution >= 0.6 is 23.4 Å². The molecular formula is C25H22ClN3O2S. The Bertz CT molecular complexity index is 1190. The predicted octanol–water partition coefficient (Wildman–Crippen LogP) is 6.25. The molecule has 1 aromatic heterocycles. The van der Waals surface area contributed by atoms with Crippen molar-refractivity contribution in [1.82, 2.24) is 9.88 Å². The van der Waals surface area contributed by atoms with Crippen LogP contribution in [0.25, 0.3) is 6.08 Å². The molecule has 4 rings (SSSR count). The first-order chi connectivity index (χ1) is 15.5. The number of pyridine rings is 1. The number of hydrogen-bond acceptors (Lipinski definition) is 5. The maximum atomic E-state index is 12.9. The molecule has 0 unspecified atom stereocenters. The van der Waals surface area contributed by atoms with Gasteiger partial charge in [-0.15, -0.1) is 0 Å². The van der Waals surface area contributed by atoms with Crippen LogP contribution in [0, 0.1) is 6.92 Å². The number of likely N-dealkylation sites (N-methyl/N-ethyl adjacent to an activating group) is 1. The van der Waals surface area contributed by atoms with Gasteiger partial charge in [0.1, 0.15) is 12.4 Å². The van der Waals surface area contributed by atoms with Gasteiger partial charge in [0.2, 0.25) is 0 Å². The Labute approximate surface area is 196 Å². The summed E-state index contributed by atoms with van der Waals surface area (Å²) < 4.78 is 5.83. The lowest BCUT2D eigenvalue weighted by atomic mass is 10.2. The summed E-state index contributed by atoms with van der Waals surface area (Å²) in [5.41, 5.74) is 2.73. The molecule has 1 aliphatic heterocycles. The third kappa shape index (κ3) is 5.21. The number of hydrogen-bond donors (Lipinski definition) is 0. The summed E-state index contributed by atoms with van der Waals surface area (Å²) in [7, 11) is 0. The van der Waals surface area contributed by atoms with Gasteiger partial charge in [-0.1, -0.05) is 48.0 Å². The average Bonchev–Trinajstić information content (AvgIpc) is 3.08. The van der Waals surface area contributed by atoms with Crippen molar-refractivity contribution < 1.29 is 9.53 Å². The van der Waals surface area contributed by atoms with Crippen molar-refractivity contribution in [2.75, 3.05) is 6.54 Å². The van der Waals surface area contributed by atoms with E-state index in [-0.39, 0.29) is 5.91 Å². The number of thioether (sulfide) groups is 1. The molecule has 3 aromatic rings. The van der Waals surface area contributed by atoms with Crippen molar-refractivity contribution in [3.05, 3.63) is 93.5 Å². The molecule has 0 aliphatic carbocycles. The van der Waals surface area contributed by atoms with Crippen molar-refractivity contribution in [2.24, 2.45) is 4.99 Å². The van der Waals surface area contributed by atoms with Gasteiger partial charge in [-0.2, -0.15) is 0 Å². The largest absolute Gasteiger partial charge is 0.489 e. The van der Waals surface area contributed by atoms with Crippen molar-refractivity contribution in [3.63, 3.8) is 0 Å². The van der Waals surface area contributed by atoms with Gasteiger partial charge >= 0.3 is 0 Å². The van der Waals surface area contributed by atoms with E-state index < -0.39 is 0 Å². The van der Waals surface area contributed by atoms with Crippen molar-refractivity contribution in [3.8, 4) is 5.75 Å². The molecule has 2 heterocycles. The van der Waals surface area contributed by atoms with E-state index in [1.807, 2.05) is 86.7 Å². The molecule has 2 aromatic carbocycles. The van der Waals surface area contributed by atoms with Crippen LogP contribution in [-0.2, 0) is 11.4 Å². The van der Waals surface area contributed by atoms with E-state index in [0.29, 0.717) is 34.1 Å². The summed E-state index contributed by atoms with van der Waals surface area (Å²) in [6.07, 6.45) is 1.87. The highest BCUT2D eigenvalue weighted by Gasteiger charge is 2.32. The van der Waals surface area contributed by atoms with Gasteiger partial charge in [0.25, 0.3) is 5.91 Å². The average molecular weight is 464 g/mol. The fourth-order valence-corrected chi connectivity index (χ4v) is 4.39. The zero-order chi connectivity index (χ0) is 22.5. The molecule has 0 saturated carbocycles. The molecule has 1 fully saturated rings. The molecule has 1 aliphatic rings. The minimum absolute atomic E-state index is 0.0528. The van der Waals surface area contributed by atoms with E-state index in [1.165, 1.54) is 11.8 Å². The van der Waals surface area contributed by atoms with Gasteiger partial charge in [0, 0.05) is 22.8 Å². The number of carbonyl (C=O) groups excluding carboxylic acids is 1. The Morgan fingerprint density at radius 1 is 1.09 bits per heavy atom. The first-order valence-electron chi connectivity index (χ1n) is 10.2. The van der Waals surface area contributed by atoms with Crippen LogP contribution in [0.15, 0.2) is 76.6 Å². The second kappa shape index (κ2) is 10.0. The Morgan fingerprint density at radius 3 is 2.59 bits per heavy atom. The van der Waals surface area contributed by atoms with E-state index >= 15 is 0 Å². The summed E-state index contributed by atoms with van der Waals surface area (Å²) in [5.74, 6) is 1.28. The SMILES string of the molecule is CCN1C(=O)/C(=C/c2ccc(OCc3ccccc3Cl)cc2)S/C1=N/c1cccc(C)n1. The van der Waals surface area contributed by atoms with Gasteiger partial charge < -0.3 is 4.74 Å². The van der Waals surface area contributed by atoms with Crippen LogP contribution in [0.5, 0.6) is 5.75 Å². The van der Waals surface area contributed by atoms with E-state index in [9.17, 15) is 4.79 Å². The zero-order valence-electron chi connectivity index (χ0n) is 17.8. The van der Waals surface area contributed by atoms with Crippen LogP contribution in [-0.4, -0.2) is 27.5 Å². The number of rotatable bonds is 6. The summed E-state index contributed by atoms with van der Waals surface area (Å²) in [4.78, 5) is 24.2. The molecule has 1 saturated heterocycles. The number of aryl methyl sites for hydroxylation is 1. The summed E-state index contributed by atoms with van der Waals surface area (Å²) in [6.45, 7) is 4.79. The minimum atomic E-state index is -0.0528. The molecular weight excluding hydrogens is 442 g/mol. The predicted molar refractivity (Wildman–Crippen MR) is 131 cm³/mol. The molecule has 0 radical (unpaired) electrons. The normalized spacial score (nSPS) is 16.2. The highest BCUT2D eigenvalue weighted by atomic mass is 35.5. The highest BCUT2D eigenvalue weighted by molar-refractivity contribution is 8.18. The molecule has 0 atom stereocenters. The lowest BCUT2D eigenvalue weighted by molar-refractivity contribution is -0.122. The van der Waals surface area contributed by atoms with Crippen LogP contribution in [0.2, 0.25) is 5.02 Å². The second-order valence-corrected chi connectivity index (χ2v) is 8.56. The van der Waals surface area contributed by atoms with E-state index in [0.717, 1.165) is 22.6 Å². The third-order valence-electron chi connectivity index (χ3n) is 4.82. The summed E-state index contributed by atoms with van der Waals surface area (Å²) in [5, 5.41) is 1.32. The molecule has 162 valence electrons. The number of aromatic nitrogens is 1. The van der Waals surface area contributed by atoms with E-state index in [1.54, 1.807) is 4.90 Å². The second-order valence-electron chi connectivity index (χ2n) is 7.14. The smallest absolute Gasteiger partial charge is 0.266 e. The third-order valence-corrected chi connectivity index (χ3v) is 6.19. The fraction of sp³-hybridized carbons (Fsp3) is 0.160. The number of nitrogens with zero attached hydrogens (tertiary/aromatic N) is 3. The Balaban J connectivity index is 1.48. The number of ether oxygens (including phenoxy) is 1. The van der Waals surface area contributed by atoms with Crippen molar-refractivity contribution >= 4 is 46.3 Å². The first-order valence-corrected chi connectivity index (χ1v) is 11.4. The van der Waals surface area contributed by atoms with Gasteiger partial charge in [-0.25, -0.2) is 9.98 Å². The van der Waals surface area contributed by atoms with Crippen LogP contribution in [0.1, 0.15) is 23.7 Å². The fourth-order valence-electron chi connectivity index (χ4n) is 3.15. The molecule has 0 spiro atoms. The standard InChI is InChI=1S/C25H22ClN3O2S/c1-3-29-24(30)22(32-25(29)28-23-10-6-7-17(2)27-23)15-18-11-13-20(14-12-18)31-16-19-8-4-5-9-21(19)26/h4-15H,3,16H2,1-2H3/b22-15-,28-25+. The number of halogens is 1. The lowest BCUT2D eigenvalue weighted by Gasteiger charge is -2.11. The number of benzene rings is 2. The molecule has 1 amide bonds.